The van der Waals surface area contributed by atoms with Gasteiger partial charge in [-0.3, -0.25) is 0 Å². The van der Waals surface area contributed by atoms with E-state index in [-0.39, 0.29) is 5.82 Å². The van der Waals surface area contributed by atoms with Crippen molar-refractivity contribution >= 4 is 36.7 Å². The Labute approximate surface area is 112 Å². The number of hydrogen-bond donors (Lipinski definition) is 0. The van der Waals surface area contributed by atoms with Gasteiger partial charge in [0.15, 0.2) is 0 Å². The van der Waals surface area contributed by atoms with Crippen LogP contribution in [0, 0.1) is 5.82 Å². The van der Waals surface area contributed by atoms with Gasteiger partial charge in [-0.2, -0.15) is 0 Å². The number of benzene rings is 1. The molecule has 0 saturated carbocycles. The quantitative estimate of drug-likeness (QED) is 0.675. The molecule has 0 amide bonds. The van der Waals surface area contributed by atoms with E-state index in [9.17, 15) is 4.39 Å². The lowest BCUT2D eigenvalue weighted by molar-refractivity contribution is 0.458. The van der Waals surface area contributed by atoms with E-state index >= 15 is 0 Å². The van der Waals surface area contributed by atoms with Crippen LogP contribution in [0.3, 0.4) is 0 Å². The summed E-state index contributed by atoms with van der Waals surface area (Å²) in [7, 11) is 2.71. The normalized spacial score (nSPS) is 23.4. The molecule has 5 heteroatoms. The third-order valence-corrected chi connectivity index (χ3v) is 4.77. The minimum absolute atomic E-state index is 0.188. The fraction of sp³-hybridized carbons (Fsp3) is 0.500. The van der Waals surface area contributed by atoms with E-state index in [4.69, 9.17) is 0 Å². The monoisotopic (exact) mass is 316 g/mol. The molecule has 2 aliphatic heterocycles. The molecule has 2 atom stereocenters. The van der Waals surface area contributed by atoms with E-state index in [0.717, 1.165) is 24.5 Å². The second kappa shape index (κ2) is 4.40. The molecule has 2 unspecified atom stereocenters. The zero-order valence-electron chi connectivity index (χ0n) is 9.50. The summed E-state index contributed by atoms with van der Waals surface area (Å²) in [5.74, 6) is -0.188. The number of fused-ring (bicyclic) bond motifs is 3. The van der Waals surface area contributed by atoms with E-state index in [2.05, 4.69) is 34.9 Å². The molecule has 0 bridgehead atoms. The van der Waals surface area contributed by atoms with Crippen LogP contribution in [0.25, 0.3) is 0 Å². The molecule has 1 fully saturated rings. The zero-order valence-corrected chi connectivity index (χ0v) is 12.2. The molecule has 0 N–H and O–H groups in total. The number of hydrogen-bond acceptors (Lipinski definition) is 2. The number of piperidine rings is 1. The second-order valence-corrected chi connectivity index (χ2v) is 6.23. The third kappa shape index (κ3) is 1.96. The average molecular weight is 317 g/mol. The third-order valence-electron chi connectivity index (χ3n) is 3.67. The van der Waals surface area contributed by atoms with Crippen molar-refractivity contribution in [2.75, 3.05) is 22.7 Å². The van der Waals surface area contributed by atoms with Gasteiger partial charge in [0.25, 0.3) is 0 Å². The molecule has 0 radical (unpaired) electrons. The molecular formula is C12H15BrFN2P. The predicted octanol–water partition coefficient (Wildman–Crippen LogP) is 3.56. The Hall–Kier alpha value is -0.340. The molecule has 92 valence electrons. The van der Waals surface area contributed by atoms with Gasteiger partial charge in [0.1, 0.15) is 5.82 Å². The largest absolute Gasteiger partial charge is 0.365 e. The van der Waals surface area contributed by atoms with Gasteiger partial charge in [-0.25, -0.2) is 4.39 Å². The van der Waals surface area contributed by atoms with Gasteiger partial charge >= 0.3 is 0 Å². The minimum atomic E-state index is -0.188. The second-order valence-electron chi connectivity index (χ2n) is 4.75. The van der Waals surface area contributed by atoms with Crippen LogP contribution in [0.15, 0.2) is 16.6 Å². The lowest BCUT2D eigenvalue weighted by Crippen LogP contribution is -2.48. The predicted molar refractivity (Wildman–Crippen MR) is 76.1 cm³/mol. The maximum Gasteiger partial charge on any atom is 0.139 e. The highest BCUT2D eigenvalue weighted by Gasteiger charge is 2.31. The molecule has 0 aliphatic carbocycles. The highest BCUT2D eigenvalue weighted by Crippen LogP contribution is 2.42. The van der Waals surface area contributed by atoms with Crippen LogP contribution in [0.2, 0.25) is 0 Å². The minimum Gasteiger partial charge on any atom is -0.365 e. The highest BCUT2D eigenvalue weighted by molar-refractivity contribution is 9.10. The summed E-state index contributed by atoms with van der Waals surface area (Å²) in [6, 6.07) is 4.11. The highest BCUT2D eigenvalue weighted by atomic mass is 79.9. The van der Waals surface area contributed by atoms with Gasteiger partial charge in [-0.1, -0.05) is 0 Å². The number of nitrogens with zero attached hydrogens (tertiary/aromatic N) is 2. The van der Waals surface area contributed by atoms with Crippen LogP contribution >= 0.6 is 25.3 Å². The average Bonchev–Trinajstić information content (AvgIpc) is 2.32. The van der Waals surface area contributed by atoms with Gasteiger partial charge in [-0.15, -0.1) is 0 Å². The standard InChI is InChI=1S/C12H15BrFN2P/c13-9-5-11-12(6-10(9)14)16(17)7-8-3-1-2-4-15(8)11/h5-6,8H,1-4,7,17H2. The van der Waals surface area contributed by atoms with E-state index in [1.165, 1.54) is 19.3 Å². The summed E-state index contributed by atoms with van der Waals surface area (Å²) >= 11 is 3.28. The summed E-state index contributed by atoms with van der Waals surface area (Å²) in [6.07, 6.45) is 3.78. The Morgan fingerprint density at radius 2 is 2.12 bits per heavy atom. The van der Waals surface area contributed by atoms with Gasteiger partial charge < -0.3 is 9.57 Å². The molecule has 3 rings (SSSR count). The van der Waals surface area contributed by atoms with Crippen molar-refractivity contribution in [2.24, 2.45) is 0 Å². The van der Waals surface area contributed by atoms with Gasteiger partial charge in [-0.05, 0) is 50.6 Å². The fourth-order valence-corrected chi connectivity index (χ4v) is 3.60. The van der Waals surface area contributed by atoms with Crippen molar-refractivity contribution in [3.63, 3.8) is 0 Å². The van der Waals surface area contributed by atoms with Crippen molar-refractivity contribution in [3.8, 4) is 0 Å². The first kappa shape index (κ1) is 11.7. The topological polar surface area (TPSA) is 6.48 Å². The molecule has 1 saturated heterocycles. The van der Waals surface area contributed by atoms with Crippen LogP contribution in [-0.2, 0) is 0 Å². The van der Waals surface area contributed by atoms with Gasteiger partial charge in [0.05, 0.1) is 15.8 Å². The Balaban J connectivity index is 2.08. The van der Waals surface area contributed by atoms with E-state index in [1.54, 1.807) is 6.07 Å². The molecule has 2 aliphatic rings. The molecule has 1 aromatic carbocycles. The molecule has 17 heavy (non-hydrogen) atoms. The van der Waals surface area contributed by atoms with Gasteiger partial charge in [0.2, 0.25) is 0 Å². The Morgan fingerprint density at radius 3 is 2.94 bits per heavy atom. The fourth-order valence-electron chi connectivity index (χ4n) is 2.82. The van der Waals surface area contributed by atoms with E-state index in [1.807, 2.05) is 6.07 Å². The zero-order chi connectivity index (χ0) is 12.0. The molecule has 0 aromatic heterocycles. The Bertz CT molecular complexity index is 454. The van der Waals surface area contributed by atoms with Crippen molar-refractivity contribution < 1.29 is 4.39 Å². The molecule has 1 aromatic rings. The van der Waals surface area contributed by atoms with Gasteiger partial charge in [0, 0.05) is 25.2 Å². The van der Waals surface area contributed by atoms with Crippen molar-refractivity contribution in [1.82, 2.24) is 0 Å². The smallest absolute Gasteiger partial charge is 0.139 e. The first-order valence-corrected chi connectivity index (χ1v) is 7.25. The lowest BCUT2D eigenvalue weighted by Gasteiger charge is -2.45. The molecule has 2 nitrogen and oxygen atoms in total. The molecule has 0 spiro atoms. The summed E-state index contributed by atoms with van der Waals surface area (Å²) in [4.78, 5) is 2.43. The number of rotatable bonds is 0. The summed E-state index contributed by atoms with van der Waals surface area (Å²) < 4.78 is 16.3. The Kier molecular flexibility index (Phi) is 3.04. The van der Waals surface area contributed by atoms with Crippen molar-refractivity contribution in [3.05, 3.63) is 22.4 Å². The first-order chi connectivity index (χ1) is 8.16. The summed E-state index contributed by atoms with van der Waals surface area (Å²) in [6.45, 7) is 2.06. The van der Waals surface area contributed by atoms with Crippen LogP contribution < -0.4 is 9.57 Å². The van der Waals surface area contributed by atoms with E-state index < -0.39 is 0 Å². The maximum absolute atomic E-state index is 13.6. The van der Waals surface area contributed by atoms with E-state index in [0.29, 0.717) is 10.5 Å². The van der Waals surface area contributed by atoms with Crippen LogP contribution in [0.1, 0.15) is 19.3 Å². The summed E-state index contributed by atoms with van der Waals surface area (Å²) in [5, 5.41) is 0. The maximum atomic E-state index is 13.6. The van der Waals surface area contributed by atoms with Crippen LogP contribution in [0.5, 0.6) is 0 Å². The SMILES string of the molecule is Fc1cc2c(cc1Br)N1CCCCC1CN2P. The molecular weight excluding hydrogens is 302 g/mol. The molecule has 2 heterocycles. The van der Waals surface area contributed by atoms with Crippen LogP contribution in [0.4, 0.5) is 15.8 Å². The summed E-state index contributed by atoms with van der Waals surface area (Å²) in [5.41, 5.74) is 2.14. The lowest BCUT2D eigenvalue weighted by atomic mass is 9.98. The first-order valence-electron chi connectivity index (χ1n) is 5.95. The number of halogens is 2. The van der Waals surface area contributed by atoms with Crippen molar-refractivity contribution in [1.29, 1.82) is 0 Å². The van der Waals surface area contributed by atoms with Crippen LogP contribution in [-0.4, -0.2) is 19.1 Å². The van der Waals surface area contributed by atoms with Crippen molar-refractivity contribution in [2.45, 2.75) is 25.3 Å². The number of anilines is 2. The Morgan fingerprint density at radius 1 is 1.29 bits per heavy atom.